The predicted octanol–water partition coefficient (Wildman–Crippen LogP) is 3.47. The number of nitrogens with zero attached hydrogens (tertiary/aromatic N) is 1. The average molecular weight is 355 g/mol. The van der Waals surface area contributed by atoms with Gasteiger partial charge in [-0.05, 0) is 36.5 Å². The van der Waals surface area contributed by atoms with E-state index in [1.807, 2.05) is 24.3 Å². The lowest BCUT2D eigenvalue weighted by atomic mass is 9.97. The largest absolute Gasteiger partial charge is 0.348 e. The molecule has 1 N–H and O–H groups in total. The second-order valence-electron chi connectivity index (χ2n) is 6.21. The first-order valence-electron chi connectivity index (χ1n) is 7.86. The Hall–Kier alpha value is -1.20. The van der Waals surface area contributed by atoms with Crippen LogP contribution in [0.5, 0.6) is 0 Å². The van der Waals surface area contributed by atoms with Crippen LogP contribution in [0.3, 0.4) is 0 Å². The van der Waals surface area contributed by atoms with Gasteiger partial charge in [-0.2, -0.15) is 0 Å². The van der Waals surface area contributed by atoms with Crippen LogP contribution in [0.15, 0.2) is 24.3 Å². The average Bonchev–Trinajstić information content (AvgIpc) is 2.89. The maximum atomic E-state index is 12.3. The van der Waals surface area contributed by atoms with Crippen molar-refractivity contribution in [3.05, 3.63) is 34.9 Å². The molecule has 4 nitrogen and oxygen atoms in total. The Morgan fingerprint density at radius 2 is 2.00 bits per heavy atom. The second kappa shape index (κ2) is 8.60. The molecule has 0 saturated carbocycles. The van der Waals surface area contributed by atoms with Crippen LogP contribution in [0.25, 0.3) is 0 Å². The molecule has 0 aliphatic carbocycles. The Morgan fingerprint density at radius 3 is 2.57 bits per heavy atom. The third-order valence-electron chi connectivity index (χ3n) is 3.80. The van der Waals surface area contributed by atoms with E-state index < -0.39 is 0 Å². The number of carbonyl (C=O) groups excluding carboxylic acids is 2. The highest BCUT2D eigenvalue weighted by molar-refractivity contribution is 8.00. The minimum atomic E-state index is -0.107. The smallest absolute Gasteiger partial charge is 0.240 e. The van der Waals surface area contributed by atoms with E-state index in [2.05, 4.69) is 19.2 Å². The highest BCUT2D eigenvalue weighted by atomic mass is 35.5. The Bertz CT molecular complexity index is 548. The fraction of sp³-hybridized carbons (Fsp3) is 0.529. The summed E-state index contributed by atoms with van der Waals surface area (Å²) >= 11 is 7.49. The van der Waals surface area contributed by atoms with Gasteiger partial charge in [0, 0.05) is 5.02 Å². The summed E-state index contributed by atoms with van der Waals surface area (Å²) in [6.07, 6.45) is 1.89. The molecule has 0 bridgehead atoms. The molecule has 0 radical (unpaired) electrons. The van der Waals surface area contributed by atoms with E-state index in [1.54, 1.807) is 16.7 Å². The predicted molar refractivity (Wildman–Crippen MR) is 95.4 cm³/mol. The van der Waals surface area contributed by atoms with Crippen LogP contribution >= 0.6 is 23.4 Å². The summed E-state index contributed by atoms with van der Waals surface area (Å²) in [4.78, 5) is 25.5. The quantitative estimate of drug-likeness (QED) is 0.815. The van der Waals surface area contributed by atoms with Crippen molar-refractivity contribution in [3.8, 4) is 0 Å². The van der Waals surface area contributed by atoms with Gasteiger partial charge in [-0.25, -0.2) is 0 Å². The lowest BCUT2D eigenvalue weighted by molar-refractivity contribution is -0.132. The molecule has 1 aliphatic heterocycles. The highest BCUT2D eigenvalue weighted by Crippen LogP contribution is 2.23. The van der Waals surface area contributed by atoms with Gasteiger partial charge in [0.25, 0.3) is 0 Å². The Morgan fingerprint density at radius 1 is 1.30 bits per heavy atom. The normalized spacial score (nSPS) is 16.0. The highest BCUT2D eigenvalue weighted by Gasteiger charge is 2.24. The zero-order valence-corrected chi connectivity index (χ0v) is 15.1. The lowest BCUT2D eigenvalue weighted by Gasteiger charge is -2.22. The Labute approximate surface area is 146 Å². The van der Waals surface area contributed by atoms with Gasteiger partial charge in [-0.3, -0.25) is 9.59 Å². The number of carbonyl (C=O) groups is 2. The molecule has 6 heteroatoms. The molecule has 2 rings (SSSR count). The molecule has 0 spiro atoms. The van der Waals surface area contributed by atoms with Crippen LogP contribution in [-0.4, -0.2) is 34.9 Å². The molecule has 1 saturated heterocycles. The van der Waals surface area contributed by atoms with Crippen LogP contribution < -0.4 is 5.32 Å². The maximum Gasteiger partial charge on any atom is 0.240 e. The third-order valence-corrected chi connectivity index (χ3v) is 5.00. The first kappa shape index (κ1) is 18.1. The lowest BCUT2D eigenvalue weighted by Crippen LogP contribution is -2.39. The number of thioether (sulfide) groups is 1. The van der Waals surface area contributed by atoms with Crippen molar-refractivity contribution < 1.29 is 9.59 Å². The van der Waals surface area contributed by atoms with Crippen molar-refractivity contribution in [1.29, 1.82) is 0 Å². The van der Waals surface area contributed by atoms with Gasteiger partial charge in [-0.15, -0.1) is 11.8 Å². The number of nitrogens with one attached hydrogen (secondary N) is 1. The monoisotopic (exact) mass is 354 g/mol. The van der Waals surface area contributed by atoms with Crippen LogP contribution in [0.1, 0.15) is 38.3 Å². The third kappa shape index (κ3) is 5.74. The number of amides is 2. The van der Waals surface area contributed by atoms with Crippen molar-refractivity contribution in [2.45, 2.75) is 32.7 Å². The summed E-state index contributed by atoms with van der Waals surface area (Å²) in [6, 6.07) is 7.53. The molecular weight excluding hydrogens is 332 g/mol. The molecule has 23 heavy (non-hydrogen) atoms. The molecule has 1 aliphatic rings. The van der Waals surface area contributed by atoms with Gasteiger partial charge in [-0.1, -0.05) is 37.6 Å². The molecule has 1 unspecified atom stereocenters. The fourth-order valence-corrected chi connectivity index (χ4v) is 3.50. The summed E-state index contributed by atoms with van der Waals surface area (Å²) in [6.45, 7) is 4.47. The Kier molecular flexibility index (Phi) is 6.78. The molecular formula is C17H23ClN2O2S. The van der Waals surface area contributed by atoms with Gasteiger partial charge in [0.15, 0.2) is 0 Å². The zero-order valence-electron chi connectivity index (χ0n) is 13.5. The van der Waals surface area contributed by atoms with E-state index >= 15 is 0 Å². The van der Waals surface area contributed by atoms with Gasteiger partial charge in [0.05, 0.1) is 17.7 Å². The summed E-state index contributed by atoms with van der Waals surface area (Å²) in [7, 11) is 0. The minimum Gasteiger partial charge on any atom is -0.348 e. The van der Waals surface area contributed by atoms with Crippen molar-refractivity contribution >= 4 is 35.2 Å². The molecule has 1 aromatic carbocycles. The van der Waals surface area contributed by atoms with Gasteiger partial charge >= 0.3 is 0 Å². The molecule has 1 atom stereocenters. The van der Waals surface area contributed by atoms with Crippen molar-refractivity contribution in [1.82, 2.24) is 10.2 Å². The first-order valence-corrected chi connectivity index (χ1v) is 9.39. The van der Waals surface area contributed by atoms with Gasteiger partial charge < -0.3 is 10.2 Å². The number of halogens is 1. The molecule has 2 amide bonds. The zero-order chi connectivity index (χ0) is 16.8. The number of hydrogen-bond acceptors (Lipinski definition) is 3. The van der Waals surface area contributed by atoms with Crippen LogP contribution in [0.2, 0.25) is 5.02 Å². The van der Waals surface area contributed by atoms with Crippen molar-refractivity contribution in [2.24, 2.45) is 5.92 Å². The SMILES string of the molecule is CC(C)CCC(NC(=O)CN1CSCC1=O)c1ccc(Cl)cc1. The summed E-state index contributed by atoms with van der Waals surface area (Å²) in [5.41, 5.74) is 1.05. The van der Waals surface area contributed by atoms with E-state index in [0.29, 0.717) is 22.6 Å². The molecule has 1 fully saturated rings. The van der Waals surface area contributed by atoms with E-state index in [4.69, 9.17) is 11.6 Å². The number of rotatable bonds is 7. The second-order valence-corrected chi connectivity index (χ2v) is 7.60. The molecule has 1 heterocycles. The van der Waals surface area contributed by atoms with Crippen molar-refractivity contribution in [3.63, 3.8) is 0 Å². The topological polar surface area (TPSA) is 49.4 Å². The van der Waals surface area contributed by atoms with Gasteiger partial charge in [0.1, 0.15) is 6.54 Å². The summed E-state index contributed by atoms with van der Waals surface area (Å²) < 4.78 is 0. The van der Waals surface area contributed by atoms with Crippen LogP contribution in [0.4, 0.5) is 0 Å². The van der Waals surface area contributed by atoms with E-state index in [0.717, 1.165) is 18.4 Å². The van der Waals surface area contributed by atoms with Crippen LogP contribution in [-0.2, 0) is 9.59 Å². The number of benzene rings is 1. The summed E-state index contributed by atoms with van der Waals surface area (Å²) in [5, 5.41) is 3.75. The Balaban J connectivity index is 1.99. The fourth-order valence-electron chi connectivity index (χ4n) is 2.47. The standard InChI is InChI=1S/C17H23ClN2O2S/c1-12(2)3-8-15(13-4-6-14(18)7-5-13)19-16(21)9-20-11-23-10-17(20)22/h4-7,12,15H,3,8-11H2,1-2H3,(H,19,21). The van der Waals surface area contributed by atoms with Gasteiger partial charge in [0.2, 0.25) is 11.8 Å². The van der Waals surface area contributed by atoms with E-state index in [1.165, 1.54) is 0 Å². The molecule has 0 aromatic heterocycles. The summed E-state index contributed by atoms with van der Waals surface area (Å²) in [5.74, 6) is 1.57. The van der Waals surface area contributed by atoms with Crippen LogP contribution in [0, 0.1) is 5.92 Å². The van der Waals surface area contributed by atoms with Crippen molar-refractivity contribution in [2.75, 3.05) is 18.2 Å². The minimum absolute atomic E-state index is 0.0374. The maximum absolute atomic E-state index is 12.3. The van der Waals surface area contributed by atoms with E-state index in [-0.39, 0.29) is 24.4 Å². The molecule has 1 aromatic rings. The van der Waals surface area contributed by atoms with E-state index in [9.17, 15) is 9.59 Å². The molecule has 126 valence electrons. The number of hydrogen-bond donors (Lipinski definition) is 1. The first-order chi connectivity index (χ1) is 11.0.